The van der Waals surface area contributed by atoms with E-state index >= 15 is 0 Å². The number of benzene rings is 1. The second kappa shape index (κ2) is 5.93. The molecule has 1 fully saturated rings. The maximum absolute atomic E-state index is 10.6. The predicted molar refractivity (Wildman–Crippen MR) is 70.2 cm³/mol. The van der Waals surface area contributed by atoms with Crippen LogP contribution < -0.4 is 5.73 Å². The molecule has 18 heavy (non-hydrogen) atoms. The van der Waals surface area contributed by atoms with Crippen molar-refractivity contribution in [2.24, 2.45) is 5.73 Å². The van der Waals surface area contributed by atoms with E-state index in [1.807, 2.05) is 12.1 Å². The summed E-state index contributed by atoms with van der Waals surface area (Å²) < 4.78 is 0. The zero-order valence-electron chi connectivity index (χ0n) is 10.4. The molecule has 0 spiro atoms. The predicted octanol–water partition coefficient (Wildman–Crippen LogP) is 1.91. The summed E-state index contributed by atoms with van der Waals surface area (Å²) in [5, 5.41) is 10.6. The Morgan fingerprint density at radius 3 is 2.67 bits per heavy atom. The lowest BCUT2D eigenvalue weighted by Gasteiger charge is -2.34. The summed E-state index contributed by atoms with van der Waals surface area (Å²) in [4.78, 5) is 12.6. The highest BCUT2D eigenvalue weighted by Crippen LogP contribution is 2.20. The molecule has 2 rings (SSSR count). The Labute approximate surface area is 107 Å². The zero-order chi connectivity index (χ0) is 13.0. The minimum absolute atomic E-state index is 0.146. The molecule has 0 amide bonds. The lowest BCUT2D eigenvalue weighted by molar-refractivity contribution is -0.384. The first-order valence-corrected chi connectivity index (χ1v) is 6.38. The van der Waals surface area contributed by atoms with Crippen LogP contribution in [0.1, 0.15) is 24.8 Å². The van der Waals surface area contributed by atoms with Crippen molar-refractivity contribution in [3.8, 4) is 0 Å². The molecule has 0 bridgehead atoms. The molecule has 1 unspecified atom stereocenters. The van der Waals surface area contributed by atoms with Crippen LogP contribution in [0.2, 0.25) is 0 Å². The van der Waals surface area contributed by atoms with Crippen LogP contribution in [0.15, 0.2) is 24.3 Å². The van der Waals surface area contributed by atoms with E-state index in [-0.39, 0.29) is 10.6 Å². The molecule has 1 aromatic carbocycles. The van der Waals surface area contributed by atoms with Crippen LogP contribution in [-0.2, 0) is 6.54 Å². The van der Waals surface area contributed by atoms with E-state index in [0.717, 1.165) is 25.1 Å². The van der Waals surface area contributed by atoms with E-state index < -0.39 is 0 Å². The molecule has 0 saturated carbocycles. The first-order chi connectivity index (χ1) is 8.70. The van der Waals surface area contributed by atoms with Crippen LogP contribution >= 0.6 is 0 Å². The van der Waals surface area contributed by atoms with Crippen molar-refractivity contribution in [1.29, 1.82) is 0 Å². The summed E-state index contributed by atoms with van der Waals surface area (Å²) in [5.41, 5.74) is 7.04. The standard InChI is InChI=1S/C13H19N3O2/c14-9-13-3-1-2-8-15(13)10-11-4-6-12(7-5-11)16(17)18/h4-7,13H,1-3,8-10,14H2. The first-order valence-electron chi connectivity index (χ1n) is 6.38. The van der Waals surface area contributed by atoms with Crippen LogP contribution in [0.4, 0.5) is 5.69 Å². The van der Waals surface area contributed by atoms with Crippen molar-refractivity contribution >= 4 is 5.69 Å². The fraction of sp³-hybridized carbons (Fsp3) is 0.538. The normalized spacial score (nSPS) is 20.8. The second-order valence-corrected chi connectivity index (χ2v) is 4.78. The molecular formula is C13H19N3O2. The highest BCUT2D eigenvalue weighted by molar-refractivity contribution is 5.32. The van der Waals surface area contributed by atoms with Crippen molar-refractivity contribution in [2.75, 3.05) is 13.1 Å². The highest BCUT2D eigenvalue weighted by atomic mass is 16.6. The third-order valence-corrected chi connectivity index (χ3v) is 3.55. The maximum atomic E-state index is 10.6. The van der Waals surface area contributed by atoms with E-state index in [4.69, 9.17) is 5.73 Å². The summed E-state index contributed by atoms with van der Waals surface area (Å²) >= 11 is 0. The van der Waals surface area contributed by atoms with E-state index in [1.165, 1.54) is 12.8 Å². The lowest BCUT2D eigenvalue weighted by Crippen LogP contribution is -2.43. The minimum atomic E-state index is -0.368. The molecule has 98 valence electrons. The zero-order valence-corrected chi connectivity index (χ0v) is 10.4. The molecule has 2 N–H and O–H groups in total. The molecule has 0 radical (unpaired) electrons. The summed E-state index contributed by atoms with van der Waals surface area (Å²) in [6.07, 6.45) is 3.62. The van der Waals surface area contributed by atoms with Gasteiger partial charge in [0, 0.05) is 31.3 Å². The fourth-order valence-corrected chi connectivity index (χ4v) is 2.49. The van der Waals surface area contributed by atoms with Crippen LogP contribution in [0.25, 0.3) is 0 Å². The van der Waals surface area contributed by atoms with Gasteiger partial charge in [-0.2, -0.15) is 0 Å². The number of piperidine rings is 1. The summed E-state index contributed by atoms with van der Waals surface area (Å²) in [7, 11) is 0. The van der Waals surface area contributed by atoms with E-state index in [0.29, 0.717) is 12.6 Å². The average Bonchev–Trinajstić information content (AvgIpc) is 2.40. The third kappa shape index (κ3) is 3.05. The Hall–Kier alpha value is -1.46. The Morgan fingerprint density at radius 1 is 1.33 bits per heavy atom. The van der Waals surface area contributed by atoms with Gasteiger partial charge in [0.15, 0.2) is 0 Å². The molecule has 1 saturated heterocycles. The van der Waals surface area contributed by atoms with Crippen LogP contribution in [-0.4, -0.2) is 29.0 Å². The number of nitrogens with two attached hydrogens (primary N) is 1. The van der Waals surface area contributed by atoms with Gasteiger partial charge in [0.1, 0.15) is 0 Å². The summed E-state index contributed by atoms with van der Waals surface area (Å²) in [6, 6.07) is 7.25. The van der Waals surface area contributed by atoms with Gasteiger partial charge in [0.05, 0.1) is 4.92 Å². The van der Waals surface area contributed by atoms with Crippen molar-refractivity contribution in [3.05, 3.63) is 39.9 Å². The number of hydrogen-bond acceptors (Lipinski definition) is 4. The third-order valence-electron chi connectivity index (χ3n) is 3.55. The highest BCUT2D eigenvalue weighted by Gasteiger charge is 2.21. The Balaban J connectivity index is 2.01. The number of hydrogen-bond donors (Lipinski definition) is 1. The van der Waals surface area contributed by atoms with Crippen molar-refractivity contribution in [2.45, 2.75) is 31.8 Å². The van der Waals surface area contributed by atoms with Gasteiger partial charge in [-0.3, -0.25) is 15.0 Å². The minimum Gasteiger partial charge on any atom is -0.329 e. The number of rotatable bonds is 4. The van der Waals surface area contributed by atoms with Gasteiger partial charge < -0.3 is 5.73 Å². The topological polar surface area (TPSA) is 72.4 Å². The number of nitro groups is 1. The first kappa shape index (κ1) is 13.0. The van der Waals surface area contributed by atoms with Crippen LogP contribution in [0, 0.1) is 10.1 Å². The maximum Gasteiger partial charge on any atom is 0.269 e. The van der Waals surface area contributed by atoms with Gasteiger partial charge in [0.25, 0.3) is 5.69 Å². The number of nitro benzene ring substituents is 1. The summed E-state index contributed by atoms with van der Waals surface area (Å²) in [6.45, 7) is 2.59. The van der Waals surface area contributed by atoms with Crippen molar-refractivity contribution in [1.82, 2.24) is 4.90 Å². The Morgan fingerprint density at radius 2 is 2.06 bits per heavy atom. The van der Waals surface area contributed by atoms with E-state index in [2.05, 4.69) is 4.90 Å². The van der Waals surface area contributed by atoms with Crippen molar-refractivity contribution in [3.63, 3.8) is 0 Å². The monoisotopic (exact) mass is 249 g/mol. The van der Waals surface area contributed by atoms with Gasteiger partial charge in [-0.1, -0.05) is 18.6 Å². The molecule has 1 atom stereocenters. The Kier molecular flexibility index (Phi) is 4.28. The van der Waals surface area contributed by atoms with Gasteiger partial charge in [-0.15, -0.1) is 0 Å². The number of likely N-dealkylation sites (tertiary alicyclic amines) is 1. The van der Waals surface area contributed by atoms with Gasteiger partial charge in [-0.25, -0.2) is 0 Å². The molecular weight excluding hydrogens is 230 g/mol. The Bertz CT molecular complexity index is 405. The molecule has 5 heteroatoms. The number of nitrogens with zero attached hydrogens (tertiary/aromatic N) is 2. The molecule has 1 aliphatic heterocycles. The molecule has 0 aliphatic carbocycles. The van der Waals surface area contributed by atoms with Gasteiger partial charge >= 0.3 is 0 Å². The summed E-state index contributed by atoms with van der Waals surface area (Å²) in [5.74, 6) is 0. The second-order valence-electron chi connectivity index (χ2n) is 4.78. The van der Waals surface area contributed by atoms with Gasteiger partial charge in [-0.05, 0) is 24.9 Å². The average molecular weight is 249 g/mol. The molecule has 1 aliphatic rings. The lowest BCUT2D eigenvalue weighted by atomic mass is 10.0. The molecule has 1 aromatic rings. The van der Waals surface area contributed by atoms with Crippen LogP contribution in [0.5, 0.6) is 0 Å². The van der Waals surface area contributed by atoms with E-state index in [9.17, 15) is 10.1 Å². The quantitative estimate of drug-likeness (QED) is 0.653. The van der Waals surface area contributed by atoms with Crippen molar-refractivity contribution < 1.29 is 4.92 Å². The van der Waals surface area contributed by atoms with Gasteiger partial charge in [0.2, 0.25) is 0 Å². The SMILES string of the molecule is NCC1CCCCN1Cc1ccc([N+](=O)[O-])cc1. The smallest absolute Gasteiger partial charge is 0.269 e. The number of non-ortho nitro benzene ring substituents is 1. The molecule has 5 nitrogen and oxygen atoms in total. The molecule has 0 aromatic heterocycles. The molecule has 1 heterocycles. The fourth-order valence-electron chi connectivity index (χ4n) is 2.49. The van der Waals surface area contributed by atoms with E-state index in [1.54, 1.807) is 12.1 Å². The largest absolute Gasteiger partial charge is 0.329 e. The van der Waals surface area contributed by atoms with Crippen LogP contribution in [0.3, 0.4) is 0 Å².